The predicted molar refractivity (Wildman–Crippen MR) is 99.5 cm³/mol. The minimum atomic E-state index is 0.306. The monoisotopic (exact) mass is 350 g/mol. The number of aromatic nitrogens is 2. The molecule has 134 valence electrons. The summed E-state index contributed by atoms with van der Waals surface area (Å²) in [6.45, 7) is 8.46. The molecule has 1 atom stereocenters. The molecule has 0 spiro atoms. The van der Waals surface area contributed by atoms with E-state index in [0.717, 1.165) is 50.6 Å². The molecule has 0 aromatic carbocycles. The van der Waals surface area contributed by atoms with Gasteiger partial charge in [0.15, 0.2) is 0 Å². The van der Waals surface area contributed by atoms with E-state index >= 15 is 0 Å². The number of likely N-dealkylation sites (tertiary alicyclic amines) is 2. The summed E-state index contributed by atoms with van der Waals surface area (Å²) in [6.07, 6.45) is 8.84. The summed E-state index contributed by atoms with van der Waals surface area (Å²) in [5, 5.41) is 0. The molecular formula is C18H30N4OS. The molecule has 0 aliphatic carbocycles. The molecule has 1 aromatic heterocycles. The molecule has 0 radical (unpaired) electrons. The van der Waals surface area contributed by atoms with Crippen molar-refractivity contribution in [2.45, 2.75) is 45.1 Å². The Morgan fingerprint density at radius 2 is 2.12 bits per heavy atom. The van der Waals surface area contributed by atoms with Gasteiger partial charge in [-0.05, 0) is 45.7 Å². The van der Waals surface area contributed by atoms with Gasteiger partial charge in [-0.3, -0.25) is 4.79 Å². The lowest BCUT2D eigenvalue weighted by molar-refractivity contribution is -0.129. The number of imidazole rings is 1. The van der Waals surface area contributed by atoms with Crippen LogP contribution in [-0.2, 0) is 11.3 Å². The summed E-state index contributed by atoms with van der Waals surface area (Å²) in [7, 11) is 0. The van der Waals surface area contributed by atoms with Crippen LogP contribution in [0.2, 0.25) is 0 Å². The average Bonchev–Trinajstić information content (AvgIpc) is 3.29. The molecule has 1 aromatic rings. The number of aryl methyl sites for hydroxylation is 1. The van der Waals surface area contributed by atoms with E-state index in [9.17, 15) is 4.79 Å². The quantitative estimate of drug-likeness (QED) is 0.708. The number of piperidine rings is 1. The van der Waals surface area contributed by atoms with Gasteiger partial charge in [0, 0.05) is 50.2 Å². The predicted octanol–water partition coefficient (Wildman–Crippen LogP) is 2.44. The lowest BCUT2D eigenvalue weighted by Gasteiger charge is -2.32. The molecule has 2 saturated heterocycles. The van der Waals surface area contributed by atoms with Crippen molar-refractivity contribution < 1.29 is 4.79 Å². The highest BCUT2D eigenvalue weighted by Gasteiger charge is 2.27. The Balaban J connectivity index is 1.43. The van der Waals surface area contributed by atoms with Crippen molar-refractivity contribution in [2.75, 3.05) is 44.2 Å². The molecule has 2 fully saturated rings. The fourth-order valence-corrected chi connectivity index (χ4v) is 4.70. The van der Waals surface area contributed by atoms with E-state index in [2.05, 4.69) is 26.3 Å². The maximum absolute atomic E-state index is 12.5. The van der Waals surface area contributed by atoms with E-state index in [0.29, 0.717) is 17.6 Å². The Hall–Kier alpha value is -1.01. The van der Waals surface area contributed by atoms with E-state index in [1.54, 1.807) is 11.8 Å². The molecule has 0 N–H and O–H groups in total. The maximum atomic E-state index is 12.5. The highest BCUT2D eigenvalue weighted by atomic mass is 32.2. The summed E-state index contributed by atoms with van der Waals surface area (Å²) in [5.74, 6) is 3.55. The molecule has 1 unspecified atom stereocenters. The van der Waals surface area contributed by atoms with Crippen molar-refractivity contribution in [2.24, 2.45) is 0 Å². The van der Waals surface area contributed by atoms with Gasteiger partial charge in [-0.2, -0.15) is 11.8 Å². The first-order chi connectivity index (χ1) is 11.8. The van der Waals surface area contributed by atoms with Gasteiger partial charge in [-0.1, -0.05) is 0 Å². The summed E-state index contributed by atoms with van der Waals surface area (Å²) in [6, 6.07) is 0. The van der Waals surface area contributed by atoms with Crippen LogP contribution in [-0.4, -0.2) is 69.5 Å². The van der Waals surface area contributed by atoms with Crippen LogP contribution in [0.5, 0.6) is 0 Å². The summed E-state index contributed by atoms with van der Waals surface area (Å²) >= 11 is 1.79. The number of thioether (sulfide) groups is 1. The molecule has 2 aliphatic heterocycles. The minimum absolute atomic E-state index is 0.306. The van der Waals surface area contributed by atoms with Crippen molar-refractivity contribution in [1.82, 2.24) is 19.4 Å². The topological polar surface area (TPSA) is 41.4 Å². The van der Waals surface area contributed by atoms with Gasteiger partial charge in [-0.15, -0.1) is 0 Å². The van der Waals surface area contributed by atoms with Gasteiger partial charge in [0.05, 0.1) is 5.75 Å². The number of rotatable bonds is 7. The second kappa shape index (κ2) is 8.90. The molecule has 3 heterocycles. The zero-order chi connectivity index (χ0) is 16.8. The number of hydrogen-bond acceptors (Lipinski definition) is 4. The normalized spacial score (nSPS) is 22.2. The standard InChI is InChI=1S/C18H30N4OS/c1-2-21-11-7-19-18(21)16-6-5-10-22(14-16)17(23)15-24-13-12-20-8-3-4-9-20/h7,11,16H,2-6,8-10,12-15H2,1H3. The zero-order valence-electron chi connectivity index (χ0n) is 14.8. The maximum Gasteiger partial charge on any atom is 0.232 e. The van der Waals surface area contributed by atoms with Crippen molar-refractivity contribution in [3.63, 3.8) is 0 Å². The average molecular weight is 351 g/mol. The first kappa shape index (κ1) is 17.8. The SMILES string of the molecule is CCn1ccnc1C1CCCN(C(=O)CSCCN2CCCC2)C1. The first-order valence-electron chi connectivity index (χ1n) is 9.37. The highest BCUT2D eigenvalue weighted by molar-refractivity contribution is 7.99. The van der Waals surface area contributed by atoms with Crippen molar-refractivity contribution in [3.05, 3.63) is 18.2 Å². The Kier molecular flexibility index (Phi) is 6.60. The Morgan fingerprint density at radius 3 is 2.92 bits per heavy atom. The summed E-state index contributed by atoms with van der Waals surface area (Å²) in [5.41, 5.74) is 0. The highest BCUT2D eigenvalue weighted by Crippen LogP contribution is 2.26. The molecule has 5 nitrogen and oxygen atoms in total. The van der Waals surface area contributed by atoms with Crippen LogP contribution in [0.3, 0.4) is 0 Å². The zero-order valence-corrected chi connectivity index (χ0v) is 15.6. The van der Waals surface area contributed by atoms with Crippen LogP contribution in [0.25, 0.3) is 0 Å². The summed E-state index contributed by atoms with van der Waals surface area (Å²) in [4.78, 5) is 21.6. The number of carbonyl (C=O) groups excluding carboxylic acids is 1. The van der Waals surface area contributed by atoms with Crippen molar-refractivity contribution in [3.8, 4) is 0 Å². The van der Waals surface area contributed by atoms with Crippen LogP contribution >= 0.6 is 11.8 Å². The molecule has 0 bridgehead atoms. The second-order valence-electron chi connectivity index (χ2n) is 6.85. The first-order valence-corrected chi connectivity index (χ1v) is 10.5. The number of amides is 1. The van der Waals surface area contributed by atoms with E-state index in [4.69, 9.17) is 0 Å². The van der Waals surface area contributed by atoms with Gasteiger partial charge in [0.1, 0.15) is 5.82 Å². The lowest BCUT2D eigenvalue weighted by Crippen LogP contribution is -2.40. The Labute approximate surface area is 149 Å². The smallest absolute Gasteiger partial charge is 0.232 e. The second-order valence-corrected chi connectivity index (χ2v) is 7.96. The van der Waals surface area contributed by atoms with Gasteiger partial charge in [0.2, 0.25) is 5.91 Å². The van der Waals surface area contributed by atoms with Gasteiger partial charge >= 0.3 is 0 Å². The largest absolute Gasteiger partial charge is 0.341 e. The van der Waals surface area contributed by atoms with Crippen molar-refractivity contribution in [1.29, 1.82) is 0 Å². The minimum Gasteiger partial charge on any atom is -0.341 e. The van der Waals surface area contributed by atoms with Crippen LogP contribution < -0.4 is 0 Å². The number of hydrogen-bond donors (Lipinski definition) is 0. The van der Waals surface area contributed by atoms with Gasteiger partial charge in [-0.25, -0.2) is 4.98 Å². The van der Waals surface area contributed by atoms with Crippen LogP contribution in [0.1, 0.15) is 44.3 Å². The Bertz CT molecular complexity index is 527. The van der Waals surface area contributed by atoms with E-state index < -0.39 is 0 Å². The van der Waals surface area contributed by atoms with E-state index in [1.807, 2.05) is 12.4 Å². The van der Waals surface area contributed by atoms with Crippen LogP contribution in [0.15, 0.2) is 12.4 Å². The lowest BCUT2D eigenvalue weighted by atomic mass is 9.97. The summed E-state index contributed by atoms with van der Waals surface area (Å²) < 4.78 is 2.21. The molecule has 1 amide bonds. The van der Waals surface area contributed by atoms with E-state index in [1.165, 1.54) is 25.9 Å². The Morgan fingerprint density at radius 1 is 1.29 bits per heavy atom. The van der Waals surface area contributed by atoms with Crippen LogP contribution in [0, 0.1) is 0 Å². The fourth-order valence-electron chi connectivity index (χ4n) is 3.81. The third kappa shape index (κ3) is 4.54. The van der Waals surface area contributed by atoms with E-state index in [-0.39, 0.29) is 0 Å². The molecule has 0 saturated carbocycles. The molecule has 6 heteroatoms. The molecular weight excluding hydrogens is 320 g/mol. The van der Waals surface area contributed by atoms with Gasteiger partial charge < -0.3 is 14.4 Å². The third-order valence-electron chi connectivity index (χ3n) is 5.20. The van der Waals surface area contributed by atoms with Crippen LogP contribution in [0.4, 0.5) is 0 Å². The third-order valence-corrected chi connectivity index (χ3v) is 6.13. The fraction of sp³-hybridized carbons (Fsp3) is 0.778. The number of carbonyl (C=O) groups is 1. The molecule has 2 aliphatic rings. The molecule has 24 heavy (non-hydrogen) atoms. The van der Waals surface area contributed by atoms with Gasteiger partial charge in [0.25, 0.3) is 0 Å². The molecule has 3 rings (SSSR count). The number of nitrogens with zero attached hydrogens (tertiary/aromatic N) is 4. The van der Waals surface area contributed by atoms with Crippen molar-refractivity contribution >= 4 is 17.7 Å².